The third-order valence-corrected chi connectivity index (χ3v) is 6.03. The first-order valence-electron chi connectivity index (χ1n) is 20.2. The molecule has 488 valence electrons. The molecule has 0 atom stereocenters. The molecule has 0 spiro atoms. The number of nitrogens with one attached hydrogen (secondary N) is 4. The molecule has 16 nitrogen and oxygen atoms in total. The van der Waals surface area contributed by atoms with Crippen LogP contribution < -0.4 is 45.0 Å². The van der Waals surface area contributed by atoms with Crippen LogP contribution in [-0.2, 0) is 81.5 Å². The summed E-state index contributed by atoms with van der Waals surface area (Å²) in [4.78, 5) is 0. The van der Waals surface area contributed by atoms with Crippen molar-refractivity contribution in [1.82, 2.24) is 24.6 Å². The summed E-state index contributed by atoms with van der Waals surface area (Å²) in [6.45, 7) is 28.7. The van der Waals surface area contributed by atoms with E-state index in [0.29, 0.717) is 0 Å². The molecular weight excluding hydrogens is 1600 g/mol. The van der Waals surface area contributed by atoms with Gasteiger partial charge in [0.25, 0.3) is 0 Å². The van der Waals surface area contributed by atoms with Crippen LogP contribution in [0.1, 0.15) is 134 Å². The predicted octanol–water partition coefficient (Wildman–Crippen LogP) is 15.5. The van der Waals surface area contributed by atoms with Gasteiger partial charge in [-0.1, -0.05) is 83.1 Å². The average molecular weight is 1690 g/mol. The van der Waals surface area contributed by atoms with Gasteiger partial charge in [-0.15, -0.1) is 0 Å². The average Bonchev–Trinajstić information content (AvgIpc) is 3.86. The smallest absolute Gasteiger partial charge is 0.344 e. The Bertz CT molecular complexity index is 1220. The Morgan fingerprint density at radius 1 is 0.303 bits per heavy atom. The molecule has 0 aromatic heterocycles. The minimum Gasteiger partial charge on any atom is -0.344 e. The van der Waals surface area contributed by atoms with Crippen molar-refractivity contribution in [3.63, 3.8) is 0 Å². The number of rotatable bonds is 0. The molecule has 0 aromatic rings. The molecular formula is C36H84F18N8O8P3PdPt2-. The summed E-state index contributed by atoms with van der Waals surface area (Å²) in [5, 5.41) is 66.9. The number of ether oxygens (including phenoxy) is 4. The third kappa shape index (κ3) is 204. The van der Waals surface area contributed by atoms with Crippen LogP contribution in [-0.4, -0.2) is 76.4 Å². The second kappa shape index (κ2) is 40.0. The van der Waals surface area contributed by atoms with E-state index in [0.717, 1.165) is 52.9 Å². The molecule has 40 heteroatoms. The molecule has 4 aliphatic rings. The van der Waals surface area contributed by atoms with E-state index >= 15 is 0 Å². The summed E-state index contributed by atoms with van der Waals surface area (Å²) in [5.74, 6) is -2.03. The van der Waals surface area contributed by atoms with Crippen molar-refractivity contribution in [1.29, 1.82) is 21.6 Å². The van der Waals surface area contributed by atoms with E-state index in [4.69, 9.17) is 40.6 Å². The Labute approximate surface area is 477 Å². The Morgan fingerprint density at radius 3 is 0.368 bits per heavy atom. The summed E-state index contributed by atoms with van der Waals surface area (Å²) >= 11 is 0. The van der Waals surface area contributed by atoms with E-state index in [1.165, 1.54) is 51.4 Å². The second-order valence-corrected chi connectivity index (χ2v) is 24.2. The van der Waals surface area contributed by atoms with E-state index < -0.39 is 68.7 Å². The maximum Gasteiger partial charge on any atom is 4.00 e. The zero-order chi connectivity index (χ0) is 57.7. The van der Waals surface area contributed by atoms with Crippen LogP contribution in [0.25, 0.3) is 0 Å². The molecule has 4 heterocycles. The second-order valence-electron chi connectivity index (χ2n) is 18.5. The molecule has 0 bridgehead atoms. The summed E-state index contributed by atoms with van der Waals surface area (Å²) < 4.78 is 197. The molecule has 4 rings (SSSR count). The molecule has 0 saturated carbocycles. The predicted molar refractivity (Wildman–Crippen MR) is 250 cm³/mol. The van der Waals surface area contributed by atoms with Gasteiger partial charge in [-0.05, 0) is 96.6 Å². The standard InChI is InChI=1S/4C5H11NO.4C4H8O.3F6P.4H3N.Pd.2Pt/c4*1-5(2,3)4(6)7;4*1-2-4-5-3-1;3*1-7(2,3,4,5)6;;;;;;;/h4*1-3H3,(H2,6,7);4*1-4H2;;;;4*1H3;;;/q;;;;;;;;3*-1;;;;;+2;;+4/p-4. The fourth-order valence-corrected chi connectivity index (χ4v) is 2.04. The first-order chi connectivity index (χ1) is 29.1. The molecule has 0 unspecified atom stereocenters. The minimum atomic E-state index is -10.7. The molecule has 4 saturated heterocycles. The van der Waals surface area contributed by atoms with Crippen molar-refractivity contribution in [2.24, 2.45) is 21.7 Å². The van der Waals surface area contributed by atoms with Crippen LogP contribution in [0.2, 0.25) is 0 Å². The molecule has 0 aromatic carbocycles. The van der Waals surface area contributed by atoms with Gasteiger partial charge in [0.15, 0.2) is 0 Å². The first kappa shape index (κ1) is 111. The molecule has 4 aliphatic heterocycles. The van der Waals surface area contributed by atoms with Gasteiger partial charge in [0, 0.05) is 73.9 Å². The maximum atomic E-state index is 10.1. The Balaban J connectivity index is -0.0000000460. The molecule has 16 N–H and O–H groups in total. The Kier molecular flexibility index (Phi) is 58.3. The topological polar surface area (TPSA) is 365 Å². The molecule has 4 fully saturated rings. The van der Waals surface area contributed by atoms with E-state index in [2.05, 4.69) is 0 Å². The monoisotopic (exact) mass is 1690 g/mol. The summed E-state index contributed by atoms with van der Waals surface area (Å²) in [6, 6.07) is 0. The third-order valence-electron chi connectivity index (χ3n) is 6.03. The van der Waals surface area contributed by atoms with Crippen molar-refractivity contribution in [3.05, 3.63) is 0 Å². The normalized spacial score (nSPS) is 16.9. The number of hydrogen-bond acceptors (Lipinski definition) is 16. The van der Waals surface area contributed by atoms with Crippen molar-refractivity contribution in [2.45, 2.75) is 134 Å². The van der Waals surface area contributed by atoms with Gasteiger partial charge < -0.3 is 85.6 Å². The Morgan fingerprint density at radius 2 is 0.355 bits per heavy atom. The fourth-order valence-electron chi connectivity index (χ4n) is 2.04. The zero-order valence-electron chi connectivity index (χ0n) is 44.5. The molecule has 0 aliphatic carbocycles. The van der Waals surface area contributed by atoms with Gasteiger partial charge >= 0.3 is 140 Å². The van der Waals surface area contributed by atoms with E-state index in [9.17, 15) is 96.0 Å². The van der Waals surface area contributed by atoms with E-state index in [-0.39, 0.29) is 87.2 Å². The van der Waals surface area contributed by atoms with Crippen LogP contribution in [0.3, 0.4) is 0 Å². The van der Waals surface area contributed by atoms with Gasteiger partial charge in [0.2, 0.25) is 0 Å². The number of hydrogen-bond donors (Lipinski definition) is 8. The Hall–Kier alpha value is -0.371. The SMILES string of the molecule is C1CCOC1.C1CCOC1.C1CCOC1.C1CCOC1.CC(C)(C)C(=N)[O-].CC(C)(C)C(=N)[O-].CC(C)(C)C(=N)[O-].CC(C)(C)C(=N)[O-].F[P-](F)(F)(F)(F)F.F[P-](F)(F)(F)(F)F.F[P-](F)(F)(F)(F)F.N.N.N.N.[Pd+2].[Pt+4].[Pt]. The maximum absolute atomic E-state index is 10.7. The fraction of sp³-hybridized carbons (Fsp3) is 0.889. The largest absolute Gasteiger partial charge is 4.00 e. The van der Waals surface area contributed by atoms with Gasteiger partial charge in [-0.25, -0.2) is 0 Å². The summed E-state index contributed by atoms with van der Waals surface area (Å²) in [7, 11) is -32.0. The van der Waals surface area contributed by atoms with Gasteiger partial charge in [0.1, 0.15) is 0 Å². The van der Waals surface area contributed by atoms with Gasteiger partial charge in [-0.2, -0.15) is 0 Å². The van der Waals surface area contributed by atoms with Gasteiger partial charge in [0.05, 0.1) is 0 Å². The summed E-state index contributed by atoms with van der Waals surface area (Å²) in [5.41, 5.74) is -1.89. The first-order valence-corrected chi connectivity index (χ1v) is 26.3. The van der Waals surface area contributed by atoms with Crippen molar-refractivity contribution < 1.29 is 177 Å². The van der Waals surface area contributed by atoms with E-state index in [1.54, 1.807) is 83.1 Å². The molecule has 0 amide bonds. The van der Waals surface area contributed by atoms with Crippen LogP contribution >= 0.6 is 23.4 Å². The van der Waals surface area contributed by atoms with Crippen LogP contribution in [0, 0.1) is 43.3 Å². The molecule has 76 heavy (non-hydrogen) atoms. The quantitative estimate of drug-likeness (QED) is 0.0369. The van der Waals surface area contributed by atoms with E-state index in [1.807, 2.05) is 0 Å². The molecule has 0 radical (unpaired) electrons. The zero-order valence-corrected chi connectivity index (χ0v) is 53.3. The van der Waals surface area contributed by atoms with Crippen molar-refractivity contribution in [2.75, 3.05) is 52.9 Å². The van der Waals surface area contributed by atoms with Crippen LogP contribution in [0.4, 0.5) is 75.5 Å². The number of halogens is 18. The van der Waals surface area contributed by atoms with Gasteiger partial charge in [-0.3, -0.25) is 0 Å². The minimum absolute atomic E-state index is 0. The van der Waals surface area contributed by atoms with Crippen LogP contribution in [0.5, 0.6) is 0 Å². The van der Waals surface area contributed by atoms with Crippen molar-refractivity contribution in [3.8, 4) is 0 Å². The summed E-state index contributed by atoms with van der Waals surface area (Å²) in [6.07, 6.45) is 10.2. The van der Waals surface area contributed by atoms with Crippen molar-refractivity contribution >= 4 is 47.0 Å². The van der Waals surface area contributed by atoms with Crippen LogP contribution in [0.15, 0.2) is 0 Å².